The molecule has 13 heavy (non-hydrogen) atoms. The third kappa shape index (κ3) is 1.52. The quantitative estimate of drug-likeness (QED) is 0.790. The summed E-state index contributed by atoms with van der Waals surface area (Å²) >= 11 is 5.98. The molecule has 1 aliphatic rings. The summed E-state index contributed by atoms with van der Waals surface area (Å²) in [5.74, 6) is 0.703. The first kappa shape index (κ1) is 8.85. The average molecular weight is 198 g/mol. The van der Waals surface area contributed by atoms with Gasteiger partial charge in [-0.25, -0.2) is 0 Å². The standard InChI is InChI=1S/C10H12ClNO/c1-13-9-3-2-7(6-8(9)11)10(12)4-5-10/h2-3,6H,4-5,12H2,1H3. The summed E-state index contributed by atoms with van der Waals surface area (Å²) < 4.78 is 5.06. The predicted molar refractivity (Wildman–Crippen MR) is 53.1 cm³/mol. The minimum atomic E-state index is -0.115. The lowest BCUT2D eigenvalue weighted by atomic mass is 10.1. The van der Waals surface area contributed by atoms with E-state index in [1.54, 1.807) is 7.11 Å². The van der Waals surface area contributed by atoms with Crippen LogP contribution in [-0.4, -0.2) is 7.11 Å². The van der Waals surface area contributed by atoms with Crippen molar-refractivity contribution in [3.05, 3.63) is 28.8 Å². The Labute approximate surface area is 82.6 Å². The molecule has 2 nitrogen and oxygen atoms in total. The molecule has 1 saturated carbocycles. The Bertz CT molecular complexity index is 334. The lowest BCUT2D eigenvalue weighted by Crippen LogP contribution is -2.18. The van der Waals surface area contributed by atoms with E-state index in [4.69, 9.17) is 22.1 Å². The Kier molecular flexibility index (Phi) is 1.97. The van der Waals surface area contributed by atoms with E-state index in [-0.39, 0.29) is 5.54 Å². The van der Waals surface area contributed by atoms with Gasteiger partial charge in [-0.1, -0.05) is 17.7 Å². The molecule has 1 aliphatic carbocycles. The maximum Gasteiger partial charge on any atom is 0.137 e. The number of rotatable bonds is 2. The molecule has 0 bridgehead atoms. The van der Waals surface area contributed by atoms with E-state index in [0.717, 1.165) is 18.4 Å². The lowest BCUT2D eigenvalue weighted by Gasteiger charge is -2.10. The highest BCUT2D eigenvalue weighted by Gasteiger charge is 2.40. The van der Waals surface area contributed by atoms with Gasteiger partial charge in [0.2, 0.25) is 0 Å². The second-order valence-corrected chi connectivity index (χ2v) is 3.91. The first-order valence-electron chi connectivity index (χ1n) is 4.29. The normalized spacial score (nSPS) is 18.4. The van der Waals surface area contributed by atoms with Crippen molar-refractivity contribution in [3.8, 4) is 5.75 Å². The Morgan fingerprint density at radius 1 is 1.46 bits per heavy atom. The molecule has 1 aromatic carbocycles. The zero-order valence-corrected chi connectivity index (χ0v) is 8.27. The maximum absolute atomic E-state index is 6.03. The van der Waals surface area contributed by atoms with Crippen LogP contribution in [0, 0.1) is 0 Å². The van der Waals surface area contributed by atoms with E-state index in [1.807, 2.05) is 18.2 Å². The molecule has 3 heteroatoms. The van der Waals surface area contributed by atoms with Crippen molar-refractivity contribution in [3.63, 3.8) is 0 Å². The van der Waals surface area contributed by atoms with Crippen LogP contribution in [0.3, 0.4) is 0 Å². The molecule has 0 saturated heterocycles. The van der Waals surface area contributed by atoms with E-state index < -0.39 is 0 Å². The van der Waals surface area contributed by atoms with Gasteiger partial charge in [0.15, 0.2) is 0 Å². The highest BCUT2D eigenvalue weighted by atomic mass is 35.5. The van der Waals surface area contributed by atoms with Gasteiger partial charge < -0.3 is 10.5 Å². The molecule has 70 valence electrons. The lowest BCUT2D eigenvalue weighted by molar-refractivity contribution is 0.414. The summed E-state index contributed by atoms with van der Waals surface area (Å²) in [5, 5.41) is 0.636. The summed E-state index contributed by atoms with van der Waals surface area (Å²) in [6.45, 7) is 0. The SMILES string of the molecule is COc1ccc(C2(N)CC2)cc1Cl. The first-order chi connectivity index (χ1) is 6.15. The smallest absolute Gasteiger partial charge is 0.137 e. The molecule has 2 N–H and O–H groups in total. The van der Waals surface area contributed by atoms with Crippen molar-refractivity contribution in [1.29, 1.82) is 0 Å². The fraction of sp³-hybridized carbons (Fsp3) is 0.400. The van der Waals surface area contributed by atoms with Crippen LogP contribution in [0.25, 0.3) is 0 Å². The van der Waals surface area contributed by atoms with Crippen molar-refractivity contribution in [2.75, 3.05) is 7.11 Å². The largest absolute Gasteiger partial charge is 0.495 e. The number of nitrogens with two attached hydrogens (primary N) is 1. The molecular formula is C10H12ClNO. The highest BCUT2D eigenvalue weighted by molar-refractivity contribution is 6.32. The van der Waals surface area contributed by atoms with Crippen molar-refractivity contribution < 1.29 is 4.74 Å². The van der Waals surface area contributed by atoms with Crippen LogP contribution in [-0.2, 0) is 5.54 Å². The third-order valence-electron chi connectivity index (χ3n) is 2.52. The van der Waals surface area contributed by atoms with E-state index in [0.29, 0.717) is 10.8 Å². The van der Waals surface area contributed by atoms with Crippen LogP contribution in [0.5, 0.6) is 5.75 Å². The van der Waals surface area contributed by atoms with Crippen LogP contribution < -0.4 is 10.5 Å². The Morgan fingerprint density at radius 3 is 2.62 bits per heavy atom. The van der Waals surface area contributed by atoms with Gasteiger partial charge in [0.1, 0.15) is 5.75 Å². The summed E-state index contributed by atoms with van der Waals surface area (Å²) in [4.78, 5) is 0. The molecule has 0 heterocycles. The average Bonchev–Trinajstić information content (AvgIpc) is 2.85. The van der Waals surface area contributed by atoms with Crippen LogP contribution in [0.2, 0.25) is 5.02 Å². The van der Waals surface area contributed by atoms with E-state index in [1.165, 1.54) is 0 Å². The molecule has 0 aromatic heterocycles. The van der Waals surface area contributed by atoms with Crippen molar-refractivity contribution in [2.45, 2.75) is 18.4 Å². The predicted octanol–water partition coefficient (Wildman–Crippen LogP) is 2.30. The first-order valence-corrected chi connectivity index (χ1v) is 4.66. The number of ether oxygens (including phenoxy) is 1. The van der Waals surface area contributed by atoms with Gasteiger partial charge in [-0.05, 0) is 30.5 Å². The number of halogens is 1. The van der Waals surface area contributed by atoms with Gasteiger partial charge in [0.25, 0.3) is 0 Å². The Hall–Kier alpha value is -0.730. The van der Waals surface area contributed by atoms with Gasteiger partial charge >= 0.3 is 0 Å². The van der Waals surface area contributed by atoms with E-state index >= 15 is 0 Å². The highest BCUT2D eigenvalue weighted by Crippen LogP contribution is 2.44. The van der Waals surface area contributed by atoms with Crippen molar-refractivity contribution in [2.24, 2.45) is 5.73 Å². The van der Waals surface area contributed by atoms with E-state index in [9.17, 15) is 0 Å². The minimum Gasteiger partial charge on any atom is -0.495 e. The molecule has 0 unspecified atom stereocenters. The van der Waals surface area contributed by atoms with Crippen molar-refractivity contribution in [1.82, 2.24) is 0 Å². The second kappa shape index (κ2) is 2.89. The summed E-state index contributed by atoms with van der Waals surface area (Å²) in [7, 11) is 1.61. The number of benzene rings is 1. The third-order valence-corrected chi connectivity index (χ3v) is 2.81. The summed E-state index contributed by atoms with van der Waals surface area (Å²) in [6, 6.07) is 5.75. The van der Waals surface area contributed by atoms with Crippen LogP contribution in [0.15, 0.2) is 18.2 Å². The molecule has 2 rings (SSSR count). The molecule has 0 amide bonds. The summed E-state index contributed by atoms with van der Waals surface area (Å²) in [5.41, 5.74) is 7.02. The number of hydrogen-bond acceptors (Lipinski definition) is 2. The molecule has 0 atom stereocenters. The van der Waals surface area contributed by atoms with Crippen molar-refractivity contribution >= 4 is 11.6 Å². The number of hydrogen-bond donors (Lipinski definition) is 1. The van der Waals surface area contributed by atoms with Gasteiger partial charge in [-0.2, -0.15) is 0 Å². The zero-order chi connectivity index (χ0) is 9.47. The maximum atomic E-state index is 6.03. The Morgan fingerprint density at radius 2 is 2.15 bits per heavy atom. The van der Waals surface area contributed by atoms with Crippen LogP contribution in [0.1, 0.15) is 18.4 Å². The molecule has 0 aliphatic heterocycles. The van der Waals surface area contributed by atoms with Gasteiger partial charge in [0, 0.05) is 5.54 Å². The summed E-state index contributed by atoms with van der Waals surface area (Å²) in [6.07, 6.45) is 2.10. The molecule has 1 aromatic rings. The van der Waals surface area contributed by atoms with Gasteiger partial charge in [-0.15, -0.1) is 0 Å². The van der Waals surface area contributed by atoms with Crippen LogP contribution in [0.4, 0.5) is 0 Å². The topological polar surface area (TPSA) is 35.2 Å². The zero-order valence-electron chi connectivity index (χ0n) is 7.51. The fourth-order valence-corrected chi connectivity index (χ4v) is 1.66. The molecule has 0 radical (unpaired) electrons. The Balaban J connectivity index is 2.36. The second-order valence-electron chi connectivity index (χ2n) is 3.51. The van der Waals surface area contributed by atoms with Crippen LogP contribution >= 0.6 is 11.6 Å². The van der Waals surface area contributed by atoms with Gasteiger partial charge in [-0.3, -0.25) is 0 Å². The minimum absolute atomic E-state index is 0.115. The monoisotopic (exact) mass is 197 g/mol. The fourth-order valence-electron chi connectivity index (χ4n) is 1.40. The van der Waals surface area contributed by atoms with E-state index in [2.05, 4.69) is 0 Å². The molecule has 1 fully saturated rings. The van der Waals surface area contributed by atoms with Gasteiger partial charge in [0.05, 0.1) is 12.1 Å². The molecular weight excluding hydrogens is 186 g/mol. The molecule has 0 spiro atoms. The number of methoxy groups -OCH3 is 1.